The first-order chi connectivity index (χ1) is 9.77. The van der Waals surface area contributed by atoms with E-state index in [1.807, 2.05) is 13.8 Å². The van der Waals surface area contributed by atoms with Gasteiger partial charge in [0.2, 0.25) is 0 Å². The largest absolute Gasteiger partial charge is 0.416 e. The monoisotopic (exact) mass is 303 g/mol. The fourth-order valence-electron chi connectivity index (χ4n) is 1.60. The summed E-state index contributed by atoms with van der Waals surface area (Å²) in [5.74, 6) is -0.885. The highest BCUT2D eigenvalue weighted by molar-refractivity contribution is 5.55. The number of hydrogen-bond acceptors (Lipinski definition) is 4. The number of nitrogens with zero attached hydrogens (tertiary/aromatic N) is 2. The van der Waals surface area contributed by atoms with Gasteiger partial charge in [0.1, 0.15) is 5.82 Å². The molecule has 0 aliphatic carbocycles. The lowest BCUT2D eigenvalue weighted by molar-refractivity contribution is -0.137. The Hall–Kier alpha value is -1.96. The quantitative estimate of drug-likeness (QED) is 0.880. The number of benzene rings is 1. The molecule has 0 fully saturated rings. The van der Waals surface area contributed by atoms with Crippen LogP contribution in [0.4, 0.5) is 17.6 Å². The van der Waals surface area contributed by atoms with Crippen molar-refractivity contribution < 1.29 is 22.1 Å². The van der Waals surface area contributed by atoms with Crippen LogP contribution in [-0.4, -0.2) is 16.2 Å². The molecule has 2 aromatic rings. The molecule has 114 valence electrons. The zero-order chi connectivity index (χ0) is 15.6. The Morgan fingerprint density at radius 1 is 1.29 bits per heavy atom. The van der Waals surface area contributed by atoms with E-state index in [-0.39, 0.29) is 29.9 Å². The van der Waals surface area contributed by atoms with Crippen molar-refractivity contribution in [3.8, 4) is 11.5 Å². The molecule has 1 heterocycles. The van der Waals surface area contributed by atoms with Crippen molar-refractivity contribution >= 4 is 0 Å². The van der Waals surface area contributed by atoms with E-state index in [9.17, 15) is 17.6 Å². The molecule has 0 spiro atoms. The topological polar surface area (TPSA) is 51.0 Å². The summed E-state index contributed by atoms with van der Waals surface area (Å²) >= 11 is 0. The average Bonchev–Trinajstić information content (AvgIpc) is 2.84. The van der Waals surface area contributed by atoms with Crippen LogP contribution in [0, 0.1) is 5.82 Å². The Balaban J connectivity index is 2.29. The van der Waals surface area contributed by atoms with Gasteiger partial charge in [-0.05, 0) is 18.2 Å². The van der Waals surface area contributed by atoms with Gasteiger partial charge in [0.25, 0.3) is 5.89 Å². The molecule has 1 N–H and O–H groups in total. The molecule has 21 heavy (non-hydrogen) atoms. The lowest BCUT2D eigenvalue weighted by Crippen LogP contribution is -2.22. The van der Waals surface area contributed by atoms with Crippen LogP contribution >= 0.6 is 0 Å². The van der Waals surface area contributed by atoms with Crippen molar-refractivity contribution in [1.29, 1.82) is 0 Å². The molecule has 0 atom stereocenters. The molecule has 0 unspecified atom stereocenters. The maximum Gasteiger partial charge on any atom is 0.416 e. The maximum atomic E-state index is 13.7. The van der Waals surface area contributed by atoms with Crippen LogP contribution < -0.4 is 5.32 Å². The van der Waals surface area contributed by atoms with Gasteiger partial charge in [-0.2, -0.15) is 18.2 Å². The third-order valence-corrected chi connectivity index (χ3v) is 2.66. The van der Waals surface area contributed by atoms with E-state index in [0.717, 1.165) is 6.07 Å². The van der Waals surface area contributed by atoms with Gasteiger partial charge in [0.15, 0.2) is 5.82 Å². The summed E-state index contributed by atoms with van der Waals surface area (Å²) in [5, 5.41) is 6.62. The normalized spacial score (nSPS) is 12.1. The summed E-state index contributed by atoms with van der Waals surface area (Å²) in [4.78, 5) is 3.89. The van der Waals surface area contributed by atoms with E-state index in [4.69, 9.17) is 4.52 Å². The molecule has 0 amide bonds. The Labute approximate surface area is 118 Å². The number of nitrogens with one attached hydrogen (secondary N) is 1. The Morgan fingerprint density at radius 3 is 2.62 bits per heavy atom. The SMILES string of the molecule is CC(C)NCc1noc(-c2cc(C(F)(F)F)ccc2F)n1. The van der Waals surface area contributed by atoms with Gasteiger partial charge in [-0.25, -0.2) is 4.39 Å². The van der Waals surface area contributed by atoms with E-state index in [1.54, 1.807) is 0 Å². The van der Waals surface area contributed by atoms with Crippen LogP contribution in [0.1, 0.15) is 25.2 Å². The third-order valence-electron chi connectivity index (χ3n) is 2.66. The molecule has 8 heteroatoms. The first-order valence-electron chi connectivity index (χ1n) is 6.20. The van der Waals surface area contributed by atoms with Crippen LogP contribution in [-0.2, 0) is 12.7 Å². The van der Waals surface area contributed by atoms with Gasteiger partial charge in [-0.15, -0.1) is 0 Å². The van der Waals surface area contributed by atoms with E-state index < -0.39 is 17.6 Å². The number of rotatable bonds is 4. The lowest BCUT2D eigenvalue weighted by atomic mass is 10.1. The molecule has 1 aromatic carbocycles. The number of halogens is 4. The van der Waals surface area contributed by atoms with Gasteiger partial charge < -0.3 is 9.84 Å². The highest BCUT2D eigenvalue weighted by Gasteiger charge is 2.31. The van der Waals surface area contributed by atoms with E-state index in [0.29, 0.717) is 12.1 Å². The second-order valence-corrected chi connectivity index (χ2v) is 4.74. The molecular weight excluding hydrogens is 290 g/mol. The highest BCUT2D eigenvalue weighted by atomic mass is 19.4. The predicted octanol–water partition coefficient (Wildman–Crippen LogP) is 3.39. The van der Waals surface area contributed by atoms with Gasteiger partial charge >= 0.3 is 6.18 Å². The summed E-state index contributed by atoms with van der Waals surface area (Å²) in [5.41, 5.74) is -1.34. The second-order valence-electron chi connectivity index (χ2n) is 4.74. The number of aromatic nitrogens is 2. The minimum absolute atomic E-state index is 0.178. The first-order valence-corrected chi connectivity index (χ1v) is 6.20. The van der Waals surface area contributed by atoms with E-state index in [1.165, 1.54) is 0 Å². The Bertz CT molecular complexity index is 622. The van der Waals surface area contributed by atoms with E-state index >= 15 is 0 Å². The molecule has 0 bridgehead atoms. The molecule has 4 nitrogen and oxygen atoms in total. The molecule has 2 rings (SSSR count). The van der Waals surface area contributed by atoms with Crippen LogP contribution in [0.25, 0.3) is 11.5 Å². The second kappa shape index (κ2) is 5.80. The third kappa shape index (κ3) is 3.78. The number of hydrogen-bond donors (Lipinski definition) is 1. The van der Waals surface area contributed by atoms with Crippen molar-refractivity contribution in [1.82, 2.24) is 15.5 Å². The molecule has 0 saturated carbocycles. The fraction of sp³-hybridized carbons (Fsp3) is 0.385. The summed E-state index contributed by atoms with van der Waals surface area (Å²) in [6, 6.07) is 2.23. The highest BCUT2D eigenvalue weighted by Crippen LogP contribution is 2.33. The van der Waals surface area contributed by atoms with Gasteiger partial charge in [-0.3, -0.25) is 0 Å². The number of alkyl halides is 3. The molecule has 0 aliphatic heterocycles. The minimum atomic E-state index is -4.56. The zero-order valence-corrected chi connectivity index (χ0v) is 11.3. The molecule has 1 aromatic heterocycles. The van der Waals surface area contributed by atoms with Gasteiger partial charge in [-0.1, -0.05) is 19.0 Å². The Kier molecular flexibility index (Phi) is 4.26. The van der Waals surface area contributed by atoms with Crippen LogP contribution in [0.3, 0.4) is 0 Å². The van der Waals surface area contributed by atoms with Gasteiger partial charge in [0.05, 0.1) is 17.7 Å². The summed E-state index contributed by atoms with van der Waals surface area (Å²) in [6.45, 7) is 4.10. The molecular formula is C13H13F4N3O. The summed E-state index contributed by atoms with van der Waals surface area (Å²) in [7, 11) is 0. The van der Waals surface area contributed by atoms with Crippen molar-refractivity contribution in [2.24, 2.45) is 0 Å². The van der Waals surface area contributed by atoms with Crippen LogP contribution in [0.15, 0.2) is 22.7 Å². The van der Waals surface area contributed by atoms with E-state index in [2.05, 4.69) is 15.5 Å². The maximum absolute atomic E-state index is 13.7. The zero-order valence-electron chi connectivity index (χ0n) is 11.3. The first kappa shape index (κ1) is 15.4. The molecule has 0 aliphatic rings. The standard InChI is InChI=1S/C13H13F4N3O/c1-7(2)18-6-11-19-12(21-20-11)9-5-8(13(15,16)17)3-4-10(9)14/h3-5,7,18H,6H2,1-2H3. The average molecular weight is 303 g/mol. The summed E-state index contributed by atoms with van der Waals surface area (Å²) < 4.78 is 56.4. The smallest absolute Gasteiger partial charge is 0.334 e. The molecule has 0 saturated heterocycles. The minimum Gasteiger partial charge on any atom is -0.334 e. The van der Waals surface area contributed by atoms with Crippen LogP contribution in [0.2, 0.25) is 0 Å². The van der Waals surface area contributed by atoms with Crippen molar-refractivity contribution in [2.75, 3.05) is 0 Å². The molecule has 0 radical (unpaired) electrons. The Morgan fingerprint density at radius 2 is 2.00 bits per heavy atom. The van der Waals surface area contributed by atoms with Gasteiger partial charge in [0, 0.05) is 6.04 Å². The van der Waals surface area contributed by atoms with Crippen molar-refractivity contribution in [2.45, 2.75) is 32.6 Å². The van der Waals surface area contributed by atoms with Crippen molar-refractivity contribution in [3.63, 3.8) is 0 Å². The van der Waals surface area contributed by atoms with Crippen molar-refractivity contribution in [3.05, 3.63) is 35.4 Å². The fourth-order valence-corrected chi connectivity index (χ4v) is 1.60. The lowest BCUT2D eigenvalue weighted by Gasteiger charge is -2.07. The van der Waals surface area contributed by atoms with Crippen LogP contribution in [0.5, 0.6) is 0 Å². The summed E-state index contributed by atoms with van der Waals surface area (Å²) in [6.07, 6.45) is -4.56. The predicted molar refractivity (Wildman–Crippen MR) is 66.7 cm³/mol.